The summed E-state index contributed by atoms with van der Waals surface area (Å²) in [4.78, 5) is 10.5. The summed E-state index contributed by atoms with van der Waals surface area (Å²) < 4.78 is 10.5. The summed E-state index contributed by atoms with van der Waals surface area (Å²) in [7, 11) is 1.55. The Morgan fingerprint density at radius 3 is 2.79 bits per heavy atom. The Morgan fingerprint density at radius 1 is 1.43 bits per heavy atom. The maximum Gasteiger partial charge on any atom is 0.161 e. The van der Waals surface area contributed by atoms with E-state index in [1.165, 1.54) is 0 Å². The SMILES string of the molecule is COc1cc(C=O)ccc1OCCBr. The Balaban J connectivity index is 2.87. The minimum atomic E-state index is 0.566. The van der Waals surface area contributed by atoms with Crippen LogP contribution in [-0.4, -0.2) is 25.3 Å². The maximum absolute atomic E-state index is 10.5. The minimum absolute atomic E-state index is 0.566. The highest BCUT2D eigenvalue weighted by molar-refractivity contribution is 9.09. The van der Waals surface area contributed by atoms with Gasteiger partial charge in [0.05, 0.1) is 13.7 Å². The molecule has 0 aliphatic heterocycles. The first-order valence-electron chi connectivity index (χ1n) is 4.13. The van der Waals surface area contributed by atoms with Crippen molar-refractivity contribution >= 4 is 22.2 Å². The molecular formula is C10H11BrO3. The van der Waals surface area contributed by atoms with Gasteiger partial charge < -0.3 is 9.47 Å². The normalized spacial score (nSPS) is 9.57. The van der Waals surface area contributed by atoms with Gasteiger partial charge in [0.2, 0.25) is 0 Å². The summed E-state index contributed by atoms with van der Waals surface area (Å²) >= 11 is 3.26. The van der Waals surface area contributed by atoms with Gasteiger partial charge >= 0.3 is 0 Å². The van der Waals surface area contributed by atoms with Crippen molar-refractivity contribution in [1.29, 1.82) is 0 Å². The van der Waals surface area contributed by atoms with Gasteiger partial charge in [0.15, 0.2) is 11.5 Å². The molecule has 1 rings (SSSR count). The van der Waals surface area contributed by atoms with Crippen molar-refractivity contribution < 1.29 is 14.3 Å². The number of ether oxygens (including phenoxy) is 2. The van der Waals surface area contributed by atoms with Crippen molar-refractivity contribution in [2.45, 2.75) is 0 Å². The van der Waals surface area contributed by atoms with Crippen LogP contribution in [0.1, 0.15) is 10.4 Å². The van der Waals surface area contributed by atoms with Gasteiger partial charge in [0, 0.05) is 10.9 Å². The Labute approximate surface area is 91.1 Å². The van der Waals surface area contributed by atoms with E-state index in [-0.39, 0.29) is 0 Å². The lowest BCUT2D eigenvalue weighted by Crippen LogP contribution is -2.00. The van der Waals surface area contributed by atoms with E-state index in [9.17, 15) is 4.79 Å². The van der Waals surface area contributed by atoms with Crippen LogP contribution in [-0.2, 0) is 0 Å². The van der Waals surface area contributed by atoms with E-state index in [2.05, 4.69) is 15.9 Å². The summed E-state index contributed by atoms with van der Waals surface area (Å²) in [6, 6.07) is 5.07. The maximum atomic E-state index is 10.5. The molecule has 0 saturated carbocycles. The van der Waals surface area contributed by atoms with Crippen LogP contribution in [0.15, 0.2) is 18.2 Å². The third kappa shape index (κ3) is 2.73. The lowest BCUT2D eigenvalue weighted by molar-refractivity contribution is 0.112. The van der Waals surface area contributed by atoms with Gasteiger partial charge in [-0.3, -0.25) is 4.79 Å². The van der Waals surface area contributed by atoms with Crippen molar-refractivity contribution in [3.05, 3.63) is 23.8 Å². The van der Waals surface area contributed by atoms with Crippen LogP contribution in [0.5, 0.6) is 11.5 Å². The molecule has 0 unspecified atom stereocenters. The van der Waals surface area contributed by atoms with Gasteiger partial charge in [-0.05, 0) is 18.2 Å². The zero-order chi connectivity index (χ0) is 10.4. The second-order valence-electron chi connectivity index (χ2n) is 2.57. The molecule has 0 bridgehead atoms. The van der Waals surface area contributed by atoms with Gasteiger partial charge in [-0.15, -0.1) is 0 Å². The Morgan fingerprint density at radius 2 is 2.21 bits per heavy atom. The molecule has 0 radical (unpaired) electrons. The van der Waals surface area contributed by atoms with Crippen LogP contribution in [0, 0.1) is 0 Å². The number of benzene rings is 1. The molecule has 1 aromatic carbocycles. The van der Waals surface area contributed by atoms with E-state index < -0.39 is 0 Å². The number of carbonyl (C=O) groups is 1. The van der Waals surface area contributed by atoms with E-state index in [0.717, 1.165) is 11.6 Å². The third-order valence-electron chi connectivity index (χ3n) is 1.66. The lowest BCUT2D eigenvalue weighted by Gasteiger charge is -2.09. The van der Waals surface area contributed by atoms with Crippen LogP contribution < -0.4 is 9.47 Å². The number of hydrogen-bond acceptors (Lipinski definition) is 3. The molecule has 0 saturated heterocycles. The van der Waals surface area contributed by atoms with Crippen molar-refractivity contribution in [3.8, 4) is 11.5 Å². The van der Waals surface area contributed by atoms with E-state index >= 15 is 0 Å². The lowest BCUT2D eigenvalue weighted by atomic mass is 10.2. The molecule has 4 heteroatoms. The number of carbonyl (C=O) groups excluding carboxylic acids is 1. The molecule has 0 aliphatic carbocycles. The third-order valence-corrected chi connectivity index (χ3v) is 1.98. The van der Waals surface area contributed by atoms with Crippen LogP contribution in [0.3, 0.4) is 0 Å². The predicted molar refractivity (Wildman–Crippen MR) is 57.7 cm³/mol. The second kappa shape index (κ2) is 5.65. The summed E-state index contributed by atoms with van der Waals surface area (Å²) in [5.41, 5.74) is 0.577. The predicted octanol–water partition coefficient (Wildman–Crippen LogP) is 2.28. The van der Waals surface area contributed by atoms with Crippen molar-refractivity contribution in [1.82, 2.24) is 0 Å². The molecule has 0 atom stereocenters. The standard InChI is InChI=1S/C10H11BrO3/c1-13-10-6-8(7-12)2-3-9(10)14-5-4-11/h2-3,6-7H,4-5H2,1H3. The summed E-state index contributed by atoms with van der Waals surface area (Å²) in [5.74, 6) is 1.23. The molecule has 0 aromatic heterocycles. The van der Waals surface area contributed by atoms with Crippen LogP contribution in [0.2, 0.25) is 0 Å². The Bertz CT molecular complexity index is 312. The minimum Gasteiger partial charge on any atom is -0.493 e. The first kappa shape index (κ1) is 11.0. The highest BCUT2D eigenvalue weighted by Gasteiger charge is 2.04. The first-order chi connectivity index (χ1) is 6.81. The average Bonchev–Trinajstić information content (AvgIpc) is 2.26. The van der Waals surface area contributed by atoms with Crippen molar-refractivity contribution in [2.24, 2.45) is 0 Å². The summed E-state index contributed by atoms with van der Waals surface area (Å²) in [5, 5.41) is 0.756. The van der Waals surface area contributed by atoms with Gasteiger partial charge in [0.1, 0.15) is 6.29 Å². The number of hydrogen-bond donors (Lipinski definition) is 0. The topological polar surface area (TPSA) is 35.5 Å². The molecule has 3 nitrogen and oxygen atoms in total. The molecule has 0 N–H and O–H groups in total. The smallest absolute Gasteiger partial charge is 0.161 e. The molecule has 0 fully saturated rings. The van der Waals surface area contributed by atoms with Gasteiger partial charge in [-0.25, -0.2) is 0 Å². The molecule has 0 aliphatic rings. The number of methoxy groups -OCH3 is 1. The second-order valence-corrected chi connectivity index (χ2v) is 3.36. The van der Waals surface area contributed by atoms with Gasteiger partial charge in [0.25, 0.3) is 0 Å². The molecule has 0 heterocycles. The van der Waals surface area contributed by atoms with Crippen molar-refractivity contribution in [3.63, 3.8) is 0 Å². The first-order valence-corrected chi connectivity index (χ1v) is 5.26. The number of aldehydes is 1. The van der Waals surface area contributed by atoms with Gasteiger partial charge in [-0.2, -0.15) is 0 Å². The van der Waals surface area contributed by atoms with E-state index in [0.29, 0.717) is 23.7 Å². The number of rotatable bonds is 5. The molecule has 76 valence electrons. The Kier molecular flexibility index (Phi) is 4.46. The molecule has 14 heavy (non-hydrogen) atoms. The summed E-state index contributed by atoms with van der Waals surface area (Å²) in [6.07, 6.45) is 0.775. The van der Waals surface area contributed by atoms with Crippen LogP contribution >= 0.6 is 15.9 Å². The number of halogens is 1. The van der Waals surface area contributed by atoms with Crippen molar-refractivity contribution in [2.75, 3.05) is 19.0 Å². The zero-order valence-electron chi connectivity index (χ0n) is 7.83. The van der Waals surface area contributed by atoms with Gasteiger partial charge in [-0.1, -0.05) is 15.9 Å². The molecule has 0 spiro atoms. The van der Waals surface area contributed by atoms with Crippen LogP contribution in [0.25, 0.3) is 0 Å². The van der Waals surface area contributed by atoms with E-state index in [4.69, 9.17) is 9.47 Å². The Hall–Kier alpha value is -1.03. The van der Waals surface area contributed by atoms with E-state index in [1.807, 2.05) is 0 Å². The monoisotopic (exact) mass is 258 g/mol. The number of alkyl halides is 1. The largest absolute Gasteiger partial charge is 0.493 e. The average molecular weight is 259 g/mol. The molecule has 1 aromatic rings. The zero-order valence-corrected chi connectivity index (χ0v) is 9.41. The molecular weight excluding hydrogens is 248 g/mol. The molecule has 0 amide bonds. The van der Waals surface area contributed by atoms with E-state index in [1.54, 1.807) is 25.3 Å². The highest BCUT2D eigenvalue weighted by atomic mass is 79.9. The van der Waals surface area contributed by atoms with Crippen LogP contribution in [0.4, 0.5) is 0 Å². The fraction of sp³-hybridized carbons (Fsp3) is 0.300. The fourth-order valence-electron chi connectivity index (χ4n) is 1.03. The summed E-state index contributed by atoms with van der Waals surface area (Å²) in [6.45, 7) is 0.566. The highest BCUT2D eigenvalue weighted by Crippen LogP contribution is 2.27. The fourth-order valence-corrected chi connectivity index (χ4v) is 1.19. The quantitative estimate of drug-likeness (QED) is 0.601.